The van der Waals surface area contributed by atoms with Crippen molar-refractivity contribution < 1.29 is 0 Å². The van der Waals surface area contributed by atoms with Crippen LogP contribution in [-0.2, 0) is 0 Å². The molecule has 2 saturated carbocycles. The molecular formula is C9H15Cl. The van der Waals surface area contributed by atoms with Crippen LogP contribution in [0.3, 0.4) is 0 Å². The Morgan fingerprint density at radius 1 is 1.40 bits per heavy atom. The van der Waals surface area contributed by atoms with Gasteiger partial charge in [-0.15, -0.1) is 11.6 Å². The van der Waals surface area contributed by atoms with Crippen LogP contribution < -0.4 is 0 Å². The molecule has 2 fully saturated rings. The van der Waals surface area contributed by atoms with Gasteiger partial charge in [0.1, 0.15) is 0 Å². The molecule has 0 bridgehead atoms. The quantitative estimate of drug-likeness (QED) is 0.515. The van der Waals surface area contributed by atoms with Gasteiger partial charge in [-0.2, -0.15) is 0 Å². The highest BCUT2D eigenvalue weighted by Gasteiger charge is 2.65. The third kappa shape index (κ3) is 0.689. The minimum atomic E-state index is 0.256. The Morgan fingerprint density at radius 3 is 2.30 bits per heavy atom. The predicted octanol–water partition coefficient (Wildman–Crippen LogP) is 3.05. The molecular weight excluding hydrogens is 144 g/mol. The van der Waals surface area contributed by atoms with E-state index in [1.54, 1.807) is 0 Å². The van der Waals surface area contributed by atoms with E-state index in [-0.39, 0.29) is 4.87 Å². The van der Waals surface area contributed by atoms with Crippen molar-refractivity contribution in [3.8, 4) is 0 Å². The largest absolute Gasteiger partial charge is 0.119 e. The molecule has 0 saturated heterocycles. The Morgan fingerprint density at radius 2 is 1.90 bits per heavy atom. The van der Waals surface area contributed by atoms with E-state index >= 15 is 0 Å². The van der Waals surface area contributed by atoms with E-state index in [1.165, 1.54) is 19.3 Å². The molecule has 0 radical (unpaired) electrons. The first-order valence-electron chi connectivity index (χ1n) is 4.37. The number of hydrogen-bond donors (Lipinski definition) is 0. The van der Waals surface area contributed by atoms with Crippen molar-refractivity contribution in [2.75, 3.05) is 0 Å². The summed E-state index contributed by atoms with van der Waals surface area (Å²) in [4.78, 5) is 0.256. The number of rotatable bonds is 1. The molecule has 0 aromatic carbocycles. The molecule has 0 spiro atoms. The maximum atomic E-state index is 6.36. The summed E-state index contributed by atoms with van der Waals surface area (Å²) in [5, 5.41) is 0. The van der Waals surface area contributed by atoms with Gasteiger partial charge in [-0.3, -0.25) is 0 Å². The van der Waals surface area contributed by atoms with Gasteiger partial charge in [-0.1, -0.05) is 13.8 Å². The van der Waals surface area contributed by atoms with Crippen LogP contribution in [0.15, 0.2) is 0 Å². The summed E-state index contributed by atoms with van der Waals surface area (Å²) in [5.41, 5.74) is 0. The molecule has 0 aromatic heterocycles. The third-order valence-corrected chi connectivity index (χ3v) is 4.29. The summed E-state index contributed by atoms with van der Waals surface area (Å²) in [7, 11) is 0. The monoisotopic (exact) mass is 158 g/mol. The van der Waals surface area contributed by atoms with Gasteiger partial charge >= 0.3 is 0 Å². The molecule has 2 aliphatic rings. The molecule has 0 N–H and O–H groups in total. The molecule has 58 valence electrons. The second-order valence-corrected chi connectivity index (χ2v) is 4.77. The molecule has 10 heavy (non-hydrogen) atoms. The summed E-state index contributed by atoms with van der Waals surface area (Å²) in [5.74, 6) is 2.72. The fourth-order valence-corrected chi connectivity index (χ4v) is 3.19. The maximum absolute atomic E-state index is 6.36. The van der Waals surface area contributed by atoms with Crippen molar-refractivity contribution in [1.29, 1.82) is 0 Å². The first kappa shape index (κ1) is 6.97. The molecule has 2 unspecified atom stereocenters. The van der Waals surface area contributed by atoms with E-state index in [0.717, 1.165) is 17.8 Å². The zero-order valence-corrected chi connectivity index (χ0v) is 7.49. The van der Waals surface area contributed by atoms with Crippen molar-refractivity contribution in [2.24, 2.45) is 17.8 Å². The highest BCUT2D eigenvalue weighted by Crippen LogP contribution is 2.67. The van der Waals surface area contributed by atoms with Gasteiger partial charge in [0.25, 0.3) is 0 Å². The molecule has 2 rings (SSSR count). The topological polar surface area (TPSA) is 0 Å². The molecule has 0 aromatic rings. The first-order valence-corrected chi connectivity index (χ1v) is 4.75. The lowest BCUT2D eigenvalue weighted by Crippen LogP contribution is -2.08. The highest BCUT2D eigenvalue weighted by atomic mass is 35.5. The second-order valence-electron chi connectivity index (χ2n) is 4.07. The van der Waals surface area contributed by atoms with Crippen LogP contribution >= 0.6 is 11.6 Å². The smallest absolute Gasteiger partial charge is 0.0507 e. The predicted molar refractivity (Wildman–Crippen MR) is 44.3 cm³/mol. The fourth-order valence-electron chi connectivity index (χ4n) is 2.77. The SMILES string of the molecule is CCC1(Cl)C2CC(C)CC21. The Balaban J connectivity index is 2.02. The van der Waals surface area contributed by atoms with Crippen molar-refractivity contribution in [2.45, 2.75) is 38.0 Å². The van der Waals surface area contributed by atoms with Gasteiger partial charge in [0.05, 0.1) is 4.87 Å². The summed E-state index contributed by atoms with van der Waals surface area (Å²) in [6, 6.07) is 0. The normalized spacial score (nSPS) is 58.5. The minimum absolute atomic E-state index is 0.256. The van der Waals surface area contributed by atoms with Gasteiger partial charge in [0.2, 0.25) is 0 Å². The average molecular weight is 159 g/mol. The van der Waals surface area contributed by atoms with Gasteiger partial charge in [0.15, 0.2) is 0 Å². The first-order chi connectivity index (χ1) is 4.68. The maximum Gasteiger partial charge on any atom is 0.0507 e. The Bertz CT molecular complexity index is 141. The van der Waals surface area contributed by atoms with Crippen LogP contribution in [0.1, 0.15) is 33.1 Å². The van der Waals surface area contributed by atoms with Crippen molar-refractivity contribution in [3.05, 3.63) is 0 Å². The van der Waals surface area contributed by atoms with Crippen LogP contribution in [0.4, 0.5) is 0 Å². The lowest BCUT2D eigenvalue weighted by atomic mass is 10.0. The zero-order chi connectivity index (χ0) is 7.35. The average Bonchev–Trinajstić information content (AvgIpc) is 2.28. The number of fused-ring (bicyclic) bond motifs is 1. The molecule has 2 atom stereocenters. The zero-order valence-electron chi connectivity index (χ0n) is 6.73. The minimum Gasteiger partial charge on any atom is -0.119 e. The molecule has 0 heterocycles. The highest BCUT2D eigenvalue weighted by molar-refractivity contribution is 6.26. The van der Waals surface area contributed by atoms with Crippen LogP contribution in [0.25, 0.3) is 0 Å². The van der Waals surface area contributed by atoms with Crippen molar-refractivity contribution in [1.82, 2.24) is 0 Å². The third-order valence-electron chi connectivity index (χ3n) is 3.46. The van der Waals surface area contributed by atoms with Gasteiger partial charge in [0, 0.05) is 0 Å². The fraction of sp³-hybridized carbons (Fsp3) is 1.00. The number of alkyl halides is 1. The molecule has 1 heteroatoms. The van der Waals surface area contributed by atoms with Crippen LogP contribution in [-0.4, -0.2) is 4.87 Å². The molecule has 0 aliphatic heterocycles. The lowest BCUT2D eigenvalue weighted by Gasteiger charge is -2.12. The van der Waals surface area contributed by atoms with Gasteiger partial charge < -0.3 is 0 Å². The Kier molecular flexibility index (Phi) is 1.33. The summed E-state index contributed by atoms with van der Waals surface area (Å²) in [6.45, 7) is 4.56. The van der Waals surface area contributed by atoms with E-state index in [1.807, 2.05) is 0 Å². The second kappa shape index (κ2) is 1.91. The van der Waals surface area contributed by atoms with Crippen LogP contribution in [0.2, 0.25) is 0 Å². The summed E-state index contributed by atoms with van der Waals surface area (Å²) >= 11 is 6.36. The molecule has 0 nitrogen and oxygen atoms in total. The van der Waals surface area contributed by atoms with E-state index < -0.39 is 0 Å². The van der Waals surface area contributed by atoms with Crippen LogP contribution in [0.5, 0.6) is 0 Å². The van der Waals surface area contributed by atoms with Crippen molar-refractivity contribution >= 4 is 11.6 Å². The van der Waals surface area contributed by atoms with Gasteiger partial charge in [-0.05, 0) is 37.0 Å². The summed E-state index contributed by atoms with van der Waals surface area (Å²) in [6.07, 6.45) is 3.96. The van der Waals surface area contributed by atoms with Crippen molar-refractivity contribution in [3.63, 3.8) is 0 Å². The van der Waals surface area contributed by atoms with E-state index in [2.05, 4.69) is 13.8 Å². The van der Waals surface area contributed by atoms with E-state index in [0.29, 0.717) is 0 Å². The molecule has 0 amide bonds. The number of halogens is 1. The standard InChI is InChI=1S/C9H15Cl/c1-3-9(10)7-4-6(2)5-8(7)9/h6-8H,3-5H2,1-2H3. The van der Waals surface area contributed by atoms with E-state index in [4.69, 9.17) is 11.6 Å². The van der Waals surface area contributed by atoms with Gasteiger partial charge in [-0.25, -0.2) is 0 Å². The number of hydrogen-bond acceptors (Lipinski definition) is 0. The van der Waals surface area contributed by atoms with Crippen LogP contribution in [0, 0.1) is 17.8 Å². The molecule has 2 aliphatic carbocycles. The lowest BCUT2D eigenvalue weighted by molar-refractivity contribution is 0.481. The Hall–Kier alpha value is 0.290. The Labute approximate surface area is 68.0 Å². The van der Waals surface area contributed by atoms with E-state index in [9.17, 15) is 0 Å². The summed E-state index contributed by atoms with van der Waals surface area (Å²) < 4.78 is 0.